The molecule has 78 valence electrons. The number of aromatic carboxylic acids is 1. The molecule has 15 heavy (non-hydrogen) atoms. The van der Waals surface area contributed by atoms with Crippen molar-refractivity contribution in [1.29, 1.82) is 0 Å². The minimum Gasteiger partial charge on any atom is -0.495 e. The number of fused-ring (bicyclic) bond motifs is 1. The van der Waals surface area contributed by atoms with Crippen molar-refractivity contribution in [3.63, 3.8) is 0 Å². The Morgan fingerprint density at radius 3 is 2.87 bits per heavy atom. The molecule has 1 aliphatic rings. The van der Waals surface area contributed by atoms with Crippen molar-refractivity contribution in [2.75, 3.05) is 12.4 Å². The van der Waals surface area contributed by atoms with Gasteiger partial charge in [-0.3, -0.25) is 4.79 Å². The monoisotopic (exact) mass is 207 g/mol. The zero-order valence-corrected chi connectivity index (χ0v) is 8.03. The van der Waals surface area contributed by atoms with Gasteiger partial charge in [-0.25, -0.2) is 4.79 Å². The number of rotatable bonds is 2. The largest absolute Gasteiger partial charge is 0.495 e. The summed E-state index contributed by atoms with van der Waals surface area (Å²) in [4.78, 5) is 21.9. The molecule has 5 nitrogen and oxygen atoms in total. The molecular weight excluding hydrogens is 198 g/mol. The van der Waals surface area contributed by atoms with Crippen LogP contribution in [-0.2, 0) is 11.2 Å². The first kappa shape index (κ1) is 9.51. The molecule has 0 saturated heterocycles. The lowest BCUT2D eigenvalue weighted by Crippen LogP contribution is -2.04. The zero-order chi connectivity index (χ0) is 11.0. The third kappa shape index (κ3) is 1.52. The summed E-state index contributed by atoms with van der Waals surface area (Å²) in [6, 6.07) is 2.88. The molecule has 1 amide bonds. The van der Waals surface area contributed by atoms with Gasteiger partial charge in [0.1, 0.15) is 5.75 Å². The number of hydrogen-bond acceptors (Lipinski definition) is 3. The van der Waals surface area contributed by atoms with E-state index in [1.807, 2.05) is 0 Å². The van der Waals surface area contributed by atoms with Crippen LogP contribution in [-0.4, -0.2) is 24.1 Å². The highest BCUT2D eigenvalue weighted by Gasteiger charge is 2.23. The van der Waals surface area contributed by atoms with Crippen LogP contribution in [0.2, 0.25) is 0 Å². The van der Waals surface area contributed by atoms with Crippen molar-refractivity contribution in [1.82, 2.24) is 0 Å². The molecule has 0 unspecified atom stereocenters. The van der Waals surface area contributed by atoms with Crippen LogP contribution in [0, 0.1) is 0 Å². The lowest BCUT2D eigenvalue weighted by atomic mass is 10.1. The molecule has 1 aromatic rings. The summed E-state index contributed by atoms with van der Waals surface area (Å²) in [5.74, 6) is -0.794. The maximum absolute atomic E-state index is 11.1. The van der Waals surface area contributed by atoms with Crippen LogP contribution in [0.1, 0.15) is 15.9 Å². The molecule has 0 aliphatic carbocycles. The Balaban J connectivity index is 2.56. The number of anilines is 1. The number of methoxy groups -OCH3 is 1. The number of carbonyl (C=O) groups is 2. The standard InChI is InChI=1S/C10H9NO4/c1-15-7-3-6(10(13)14)2-5-4-8(12)11-9(5)7/h2-3H,4H2,1H3,(H,11,12)(H,13,14). The Morgan fingerprint density at radius 2 is 2.27 bits per heavy atom. The summed E-state index contributed by atoms with van der Waals surface area (Å²) < 4.78 is 5.02. The lowest BCUT2D eigenvalue weighted by molar-refractivity contribution is -0.115. The normalized spacial score (nSPS) is 13.3. The van der Waals surface area contributed by atoms with Gasteiger partial charge in [0.15, 0.2) is 0 Å². The first-order chi connectivity index (χ1) is 7.11. The van der Waals surface area contributed by atoms with Crippen LogP contribution < -0.4 is 10.1 Å². The van der Waals surface area contributed by atoms with Crippen molar-refractivity contribution < 1.29 is 19.4 Å². The Labute approximate surface area is 85.7 Å². The van der Waals surface area contributed by atoms with Gasteiger partial charge in [0.05, 0.1) is 24.8 Å². The zero-order valence-electron chi connectivity index (χ0n) is 8.03. The molecule has 1 heterocycles. The molecule has 0 saturated carbocycles. The summed E-state index contributed by atoms with van der Waals surface area (Å²) in [5, 5.41) is 11.5. The maximum atomic E-state index is 11.1. The number of ether oxygens (including phenoxy) is 1. The van der Waals surface area contributed by atoms with E-state index in [4.69, 9.17) is 9.84 Å². The smallest absolute Gasteiger partial charge is 0.335 e. The third-order valence-corrected chi connectivity index (χ3v) is 2.27. The van der Waals surface area contributed by atoms with Gasteiger partial charge in [-0.2, -0.15) is 0 Å². The van der Waals surface area contributed by atoms with E-state index in [0.29, 0.717) is 17.0 Å². The third-order valence-electron chi connectivity index (χ3n) is 2.27. The first-order valence-electron chi connectivity index (χ1n) is 4.36. The topological polar surface area (TPSA) is 75.6 Å². The van der Waals surface area contributed by atoms with Gasteiger partial charge in [-0.15, -0.1) is 0 Å². The van der Waals surface area contributed by atoms with Crippen LogP contribution >= 0.6 is 0 Å². The summed E-state index contributed by atoms with van der Waals surface area (Å²) >= 11 is 0. The van der Waals surface area contributed by atoms with Gasteiger partial charge in [-0.05, 0) is 17.7 Å². The second kappa shape index (κ2) is 3.27. The lowest BCUT2D eigenvalue weighted by Gasteiger charge is -2.07. The SMILES string of the molecule is COc1cc(C(=O)O)cc2c1NC(=O)C2. The van der Waals surface area contributed by atoms with E-state index in [1.165, 1.54) is 19.2 Å². The molecule has 0 radical (unpaired) electrons. The van der Waals surface area contributed by atoms with Crippen molar-refractivity contribution in [3.8, 4) is 5.75 Å². The number of amides is 1. The molecule has 0 fully saturated rings. The van der Waals surface area contributed by atoms with Gasteiger partial charge in [0.25, 0.3) is 0 Å². The van der Waals surface area contributed by atoms with Gasteiger partial charge in [-0.1, -0.05) is 0 Å². The number of carboxylic acid groups (broad SMARTS) is 1. The molecule has 0 bridgehead atoms. The Bertz CT molecular complexity index is 453. The average Bonchev–Trinajstić information content (AvgIpc) is 2.56. The second-order valence-corrected chi connectivity index (χ2v) is 3.24. The van der Waals surface area contributed by atoms with Crippen LogP contribution in [0.5, 0.6) is 5.75 Å². The predicted molar refractivity (Wildman–Crippen MR) is 52.3 cm³/mol. The van der Waals surface area contributed by atoms with Gasteiger partial charge in [0.2, 0.25) is 5.91 Å². The second-order valence-electron chi connectivity index (χ2n) is 3.24. The van der Waals surface area contributed by atoms with Gasteiger partial charge < -0.3 is 15.2 Å². The fourth-order valence-corrected chi connectivity index (χ4v) is 1.60. The predicted octanol–water partition coefficient (Wildman–Crippen LogP) is 0.888. The van der Waals surface area contributed by atoms with Crippen LogP contribution in [0.25, 0.3) is 0 Å². The molecular formula is C10H9NO4. The van der Waals surface area contributed by atoms with E-state index >= 15 is 0 Å². The van der Waals surface area contributed by atoms with Crippen molar-refractivity contribution >= 4 is 17.6 Å². The quantitative estimate of drug-likeness (QED) is 0.755. The summed E-state index contributed by atoms with van der Waals surface area (Å²) in [5.41, 5.74) is 1.37. The highest BCUT2D eigenvalue weighted by molar-refractivity contribution is 6.02. The van der Waals surface area contributed by atoms with Gasteiger partial charge >= 0.3 is 5.97 Å². The van der Waals surface area contributed by atoms with E-state index in [-0.39, 0.29) is 17.9 Å². The van der Waals surface area contributed by atoms with E-state index < -0.39 is 5.97 Å². The molecule has 0 atom stereocenters. The minimum atomic E-state index is -1.03. The average molecular weight is 207 g/mol. The number of benzene rings is 1. The van der Waals surface area contributed by atoms with Crippen LogP contribution in [0.4, 0.5) is 5.69 Å². The van der Waals surface area contributed by atoms with E-state index in [9.17, 15) is 9.59 Å². The molecule has 2 rings (SSSR count). The van der Waals surface area contributed by atoms with E-state index in [0.717, 1.165) is 0 Å². The van der Waals surface area contributed by atoms with E-state index in [2.05, 4.69) is 5.32 Å². The number of hydrogen-bond donors (Lipinski definition) is 2. The van der Waals surface area contributed by atoms with E-state index in [1.54, 1.807) is 0 Å². The van der Waals surface area contributed by atoms with Crippen molar-refractivity contribution in [2.45, 2.75) is 6.42 Å². The fourth-order valence-electron chi connectivity index (χ4n) is 1.60. The highest BCUT2D eigenvalue weighted by Crippen LogP contribution is 2.34. The molecule has 1 aromatic carbocycles. The molecule has 0 aromatic heterocycles. The number of nitrogens with one attached hydrogen (secondary N) is 1. The Morgan fingerprint density at radius 1 is 1.53 bits per heavy atom. The maximum Gasteiger partial charge on any atom is 0.335 e. The van der Waals surface area contributed by atoms with Crippen LogP contribution in [0.15, 0.2) is 12.1 Å². The van der Waals surface area contributed by atoms with Gasteiger partial charge in [0, 0.05) is 0 Å². The Hall–Kier alpha value is -2.04. The van der Waals surface area contributed by atoms with Crippen LogP contribution in [0.3, 0.4) is 0 Å². The fraction of sp³-hybridized carbons (Fsp3) is 0.200. The summed E-state index contributed by atoms with van der Waals surface area (Å²) in [7, 11) is 1.44. The molecule has 0 spiro atoms. The molecule has 5 heteroatoms. The van der Waals surface area contributed by atoms with Crippen molar-refractivity contribution in [3.05, 3.63) is 23.3 Å². The first-order valence-corrected chi connectivity index (χ1v) is 4.36. The highest BCUT2D eigenvalue weighted by atomic mass is 16.5. The summed E-state index contributed by atoms with van der Waals surface area (Å²) in [6.45, 7) is 0. The molecule has 1 aliphatic heterocycles. The number of carboxylic acids is 1. The minimum absolute atomic E-state index is 0.127. The Kier molecular flexibility index (Phi) is 2.07. The molecule has 2 N–H and O–H groups in total. The summed E-state index contributed by atoms with van der Waals surface area (Å²) in [6.07, 6.45) is 0.201. The number of carbonyl (C=O) groups excluding carboxylic acids is 1. The van der Waals surface area contributed by atoms with Crippen molar-refractivity contribution in [2.24, 2.45) is 0 Å².